The Morgan fingerprint density at radius 3 is 2.41 bits per heavy atom. The summed E-state index contributed by atoms with van der Waals surface area (Å²) >= 11 is 0. The molecule has 0 radical (unpaired) electrons. The number of nitrogen functional groups attached to an aromatic ring is 1. The van der Waals surface area contributed by atoms with Gasteiger partial charge in [-0.1, -0.05) is 42.5 Å². The maximum atomic E-state index is 6.47. The molecule has 2 aromatic carbocycles. The zero-order chi connectivity index (χ0) is 29.5. The summed E-state index contributed by atoms with van der Waals surface area (Å²) in [5.74, 6) is 2.48. The van der Waals surface area contributed by atoms with E-state index >= 15 is 0 Å². The molecule has 8 rings (SSSR count). The van der Waals surface area contributed by atoms with Gasteiger partial charge in [0, 0.05) is 50.4 Å². The summed E-state index contributed by atoms with van der Waals surface area (Å²) in [7, 11) is 0. The van der Waals surface area contributed by atoms with Crippen LogP contribution >= 0.6 is 0 Å². The van der Waals surface area contributed by atoms with Gasteiger partial charge in [0.2, 0.25) is 0 Å². The van der Waals surface area contributed by atoms with Crippen molar-refractivity contribution in [1.29, 1.82) is 0 Å². The first kappa shape index (κ1) is 26.8. The lowest BCUT2D eigenvalue weighted by Crippen LogP contribution is -2.51. The molecule has 5 heterocycles. The molecule has 10 nitrogen and oxygen atoms in total. The summed E-state index contributed by atoms with van der Waals surface area (Å²) in [6.45, 7) is 4.20. The third-order valence-electron chi connectivity index (χ3n) is 9.35. The third-order valence-corrected chi connectivity index (χ3v) is 9.35. The van der Waals surface area contributed by atoms with E-state index in [1.165, 1.54) is 5.56 Å². The summed E-state index contributed by atoms with van der Waals surface area (Å²) in [6, 6.07) is 23.7. The van der Waals surface area contributed by atoms with Crippen molar-refractivity contribution in [2.75, 3.05) is 36.8 Å². The lowest BCUT2D eigenvalue weighted by Gasteiger charge is -2.42. The van der Waals surface area contributed by atoms with E-state index in [-0.39, 0.29) is 6.04 Å². The Morgan fingerprint density at radius 2 is 1.61 bits per heavy atom. The number of benzene rings is 2. The molecule has 0 spiro atoms. The maximum Gasteiger partial charge on any atom is 0.164 e. The third kappa shape index (κ3) is 5.05. The minimum absolute atomic E-state index is 0.276. The van der Waals surface area contributed by atoms with E-state index in [4.69, 9.17) is 15.8 Å². The van der Waals surface area contributed by atoms with Crippen LogP contribution in [-0.2, 0) is 6.42 Å². The topological polar surface area (TPSA) is 118 Å². The fourth-order valence-electron chi connectivity index (χ4n) is 7.06. The van der Waals surface area contributed by atoms with E-state index in [0.717, 1.165) is 103 Å². The van der Waals surface area contributed by atoms with Crippen LogP contribution in [0.3, 0.4) is 0 Å². The number of aromatic nitrogens is 7. The number of nitrogens with two attached hydrogens (primary N) is 1. The molecule has 6 aromatic rings. The monoisotopic (exact) mass is 584 g/mol. The number of piperazine rings is 1. The van der Waals surface area contributed by atoms with E-state index in [2.05, 4.69) is 89.0 Å². The highest BCUT2D eigenvalue weighted by Crippen LogP contribution is 2.37. The lowest BCUT2D eigenvalue weighted by atomic mass is 9.90. The van der Waals surface area contributed by atoms with Crippen molar-refractivity contribution < 1.29 is 0 Å². The molecule has 0 bridgehead atoms. The number of hydrogen-bond donors (Lipinski definition) is 2. The zero-order valence-electron chi connectivity index (χ0n) is 24.7. The second-order valence-electron chi connectivity index (χ2n) is 12.0. The molecule has 44 heavy (non-hydrogen) atoms. The first-order chi connectivity index (χ1) is 21.7. The van der Waals surface area contributed by atoms with Crippen molar-refractivity contribution in [1.82, 2.24) is 39.6 Å². The number of aromatic amines is 1. The molecule has 1 aliphatic carbocycles. The van der Waals surface area contributed by atoms with Gasteiger partial charge < -0.3 is 15.6 Å². The van der Waals surface area contributed by atoms with Crippen LogP contribution in [0.5, 0.6) is 0 Å². The Kier molecular flexibility index (Phi) is 6.90. The van der Waals surface area contributed by atoms with Gasteiger partial charge >= 0.3 is 0 Å². The molecule has 10 heteroatoms. The van der Waals surface area contributed by atoms with Crippen molar-refractivity contribution in [3.63, 3.8) is 0 Å². The summed E-state index contributed by atoms with van der Waals surface area (Å²) in [5, 5.41) is 5.99. The Balaban J connectivity index is 1.01. The fourth-order valence-corrected chi connectivity index (χ4v) is 7.06. The van der Waals surface area contributed by atoms with E-state index < -0.39 is 0 Å². The first-order valence-electron chi connectivity index (χ1n) is 15.6. The second-order valence-corrected chi connectivity index (χ2v) is 12.0. The smallest absolute Gasteiger partial charge is 0.164 e. The minimum atomic E-state index is 0.276. The Morgan fingerprint density at radius 1 is 0.818 bits per heavy atom. The number of fused-ring (bicyclic) bond motifs is 2. The number of hydrogen-bond acceptors (Lipinski definition) is 8. The van der Waals surface area contributed by atoms with Gasteiger partial charge in [0.25, 0.3) is 0 Å². The number of H-pyrrole nitrogens is 1. The zero-order valence-corrected chi connectivity index (χ0v) is 24.7. The molecule has 0 atom stereocenters. The number of rotatable bonds is 6. The molecule has 2 fully saturated rings. The average Bonchev–Trinajstić information content (AvgIpc) is 3.67. The highest BCUT2D eigenvalue weighted by Gasteiger charge is 2.31. The minimum Gasteiger partial charge on any atom is -0.383 e. The summed E-state index contributed by atoms with van der Waals surface area (Å²) < 4.78 is 2.12. The number of imidazole rings is 1. The van der Waals surface area contributed by atoms with Crippen LogP contribution in [0.15, 0.2) is 79.3 Å². The predicted octanol–water partition coefficient (Wildman–Crippen LogP) is 5.24. The number of anilines is 2. The van der Waals surface area contributed by atoms with Crippen molar-refractivity contribution in [2.24, 2.45) is 0 Å². The normalized spacial score (nSPS) is 19.6. The van der Waals surface area contributed by atoms with Gasteiger partial charge in [-0.05, 0) is 55.5 Å². The van der Waals surface area contributed by atoms with Crippen molar-refractivity contribution in [2.45, 2.75) is 44.2 Å². The first-order valence-corrected chi connectivity index (χ1v) is 15.6. The number of pyridine rings is 1. The van der Waals surface area contributed by atoms with Crippen LogP contribution in [0.25, 0.3) is 33.3 Å². The van der Waals surface area contributed by atoms with Crippen molar-refractivity contribution in [3.8, 4) is 11.3 Å². The summed E-state index contributed by atoms with van der Waals surface area (Å²) in [5.41, 5.74) is 12.2. The van der Waals surface area contributed by atoms with Gasteiger partial charge in [-0.25, -0.2) is 24.6 Å². The fraction of sp³-hybridized carbons (Fsp3) is 0.324. The molecule has 222 valence electrons. The average molecular weight is 585 g/mol. The SMILES string of the molecule is Nc1ncnc2c1c(-c1ccc3[nH]c(Cc4ccccc4)nc3c1)nn2C1CCC(N2CCN(c3ccccn3)CC2)CC1. The van der Waals surface area contributed by atoms with Crippen LogP contribution in [0.4, 0.5) is 11.6 Å². The highest BCUT2D eigenvalue weighted by molar-refractivity contribution is 5.99. The van der Waals surface area contributed by atoms with E-state index in [9.17, 15) is 0 Å². The molecule has 2 aliphatic rings. The number of nitrogens with one attached hydrogen (secondary N) is 1. The van der Waals surface area contributed by atoms with E-state index in [0.29, 0.717) is 11.9 Å². The molecule has 1 saturated carbocycles. The molecular formula is C34H36N10. The molecule has 0 unspecified atom stereocenters. The van der Waals surface area contributed by atoms with Gasteiger partial charge in [0.1, 0.15) is 29.5 Å². The molecule has 0 amide bonds. The highest BCUT2D eigenvalue weighted by atomic mass is 15.3. The van der Waals surface area contributed by atoms with Crippen LogP contribution in [0.1, 0.15) is 43.1 Å². The van der Waals surface area contributed by atoms with Crippen LogP contribution in [-0.4, -0.2) is 71.8 Å². The van der Waals surface area contributed by atoms with Gasteiger partial charge in [-0.2, -0.15) is 5.10 Å². The molecule has 1 saturated heterocycles. The largest absolute Gasteiger partial charge is 0.383 e. The summed E-state index contributed by atoms with van der Waals surface area (Å²) in [4.78, 5) is 27.0. The standard InChI is InChI=1S/C34H36N10/c35-33-31-32(24-9-14-27-28(21-24)40-29(39-27)20-23-6-2-1-3-7-23)41-44(34(31)38-22-37-33)26-12-10-25(11-13-26)42-16-18-43(19-17-42)30-8-4-5-15-36-30/h1-9,14-15,21-22,25-26H,10-13,16-20H2,(H,39,40)(H2,35,37,38). The summed E-state index contributed by atoms with van der Waals surface area (Å²) in [6.07, 6.45) is 8.61. The van der Waals surface area contributed by atoms with Gasteiger partial charge in [0.15, 0.2) is 5.65 Å². The predicted molar refractivity (Wildman–Crippen MR) is 173 cm³/mol. The Labute approximate surface area is 256 Å². The van der Waals surface area contributed by atoms with Crippen LogP contribution in [0, 0.1) is 0 Å². The second kappa shape index (κ2) is 11.3. The molecule has 4 aromatic heterocycles. The van der Waals surface area contributed by atoms with E-state index in [1.54, 1.807) is 6.33 Å². The van der Waals surface area contributed by atoms with Crippen LogP contribution in [0.2, 0.25) is 0 Å². The lowest BCUT2D eigenvalue weighted by molar-refractivity contribution is 0.129. The van der Waals surface area contributed by atoms with E-state index in [1.807, 2.05) is 18.3 Å². The number of nitrogens with zero attached hydrogens (tertiary/aromatic N) is 8. The van der Waals surface area contributed by atoms with Crippen LogP contribution < -0.4 is 10.6 Å². The van der Waals surface area contributed by atoms with Gasteiger partial charge in [-0.3, -0.25) is 4.90 Å². The van der Waals surface area contributed by atoms with Crippen molar-refractivity contribution >= 4 is 33.7 Å². The maximum absolute atomic E-state index is 6.47. The molecule has 1 aliphatic heterocycles. The van der Waals surface area contributed by atoms with Gasteiger partial charge in [-0.15, -0.1) is 0 Å². The van der Waals surface area contributed by atoms with Gasteiger partial charge in [0.05, 0.1) is 22.5 Å². The Bertz CT molecular complexity index is 1880. The quantitative estimate of drug-likeness (QED) is 0.273. The molecular weight excluding hydrogens is 548 g/mol. The Hall–Kier alpha value is -4.83. The van der Waals surface area contributed by atoms with Crippen molar-refractivity contribution in [3.05, 3.63) is 90.6 Å². The molecule has 3 N–H and O–H groups in total.